The molecule has 1 atom stereocenters. The zero-order valence-electron chi connectivity index (χ0n) is 17.3. The van der Waals surface area contributed by atoms with Crippen LogP contribution in [0.15, 0.2) is 36.4 Å². The lowest BCUT2D eigenvalue weighted by molar-refractivity contribution is 0.0285. The number of fused-ring (bicyclic) bond motifs is 1. The van der Waals surface area contributed by atoms with Gasteiger partial charge in [-0.15, -0.1) is 5.10 Å². The predicted molar refractivity (Wildman–Crippen MR) is 118 cm³/mol. The minimum Gasteiger partial charge on any atom is -0.379 e. The molecule has 4 aromatic rings. The Morgan fingerprint density at radius 2 is 2.00 bits per heavy atom. The molecule has 0 aliphatic carbocycles. The van der Waals surface area contributed by atoms with E-state index < -0.39 is 0 Å². The smallest absolute Gasteiger partial charge is 0.223 e. The van der Waals surface area contributed by atoms with Crippen molar-refractivity contribution in [3.63, 3.8) is 0 Å². The number of halogens is 2. The molecule has 1 aliphatic rings. The van der Waals surface area contributed by atoms with Gasteiger partial charge in [0.15, 0.2) is 11.5 Å². The summed E-state index contributed by atoms with van der Waals surface area (Å²) in [4.78, 5) is 13.5. The average molecular weight is 455 g/mol. The van der Waals surface area contributed by atoms with Crippen molar-refractivity contribution < 1.29 is 13.9 Å². The van der Waals surface area contributed by atoms with E-state index in [1.54, 1.807) is 18.2 Å². The van der Waals surface area contributed by atoms with Gasteiger partial charge in [-0.2, -0.15) is 4.52 Å². The maximum Gasteiger partial charge on any atom is 0.223 e. The largest absolute Gasteiger partial charge is 0.379 e. The molecule has 0 bridgehead atoms. The normalized spacial score (nSPS) is 16.2. The van der Waals surface area contributed by atoms with E-state index in [4.69, 9.17) is 31.8 Å². The molecule has 4 heterocycles. The van der Waals surface area contributed by atoms with Crippen LogP contribution in [0.2, 0.25) is 5.15 Å². The third kappa shape index (κ3) is 4.02. The minimum absolute atomic E-state index is 0.0213. The number of nitrogens with two attached hydrogens (primary N) is 1. The molecule has 1 fully saturated rings. The molecular formula is C22H20ClFN6O2. The second-order valence-corrected chi connectivity index (χ2v) is 7.97. The van der Waals surface area contributed by atoms with Crippen LogP contribution in [0, 0.1) is 12.7 Å². The van der Waals surface area contributed by atoms with Gasteiger partial charge in [-0.05, 0) is 55.3 Å². The van der Waals surface area contributed by atoms with Gasteiger partial charge in [0.25, 0.3) is 0 Å². The number of benzene rings is 1. The summed E-state index contributed by atoms with van der Waals surface area (Å²) in [6.45, 7) is 3.32. The van der Waals surface area contributed by atoms with Crippen molar-refractivity contribution in [3.05, 3.63) is 58.9 Å². The number of aromatic nitrogens is 5. The highest BCUT2D eigenvalue weighted by Crippen LogP contribution is 2.36. The SMILES string of the molecule is Cc1cc(-c2c(-c3ccc(F)cc3)nc(N)n3nc(CO[C@H]4CCOC4)nc23)cc(Cl)n1. The molecule has 0 radical (unpaired) electrons. The lowest BCUT2D eigenvalue weighted by Gasteiger charge is -2.12. The summed E-state index contributed by atoms with van der Waals surface area (Å²) in [5.41, 5.74) is 10.1. The van der Waals surface area contributed by atoms with Crippen LogP contribution in [0.1, 0.15) is 17.9 Å². The first-order valence-corrected chi connectivity index (χ1v) is 10.5. The van der Waals surface area contributed by atoms with Crippen LogP contribution >= 0.6 is 11.6 Å². The summed E-state index contributed by atoms with van der Waals surface area (Å²) in [6.07, 6.45) is 0.860. The van der Waals surface area contributed by atoms with Gasteiger partial charge in [-0.3, -0.25) is 0 Å². The van der Waals surface area contributed by atoms with Crippen molar-refractivity contribution in [2.24, 2.45) is 0 Å². The molecule has 32 heavy (non-hydrogen) atoms. The predicted octanol–water partition coefficient (Wildman–Crippen LogP) is 3.84. The number of nitrogens with zero attached hydrogens (tertiary/aromatic N) is 5. The monoisotopic (exact) mass is 454 g/mol. The molecule has 10 heteroatoms. The fourth-order valence-corrected chi connectivity index (χ4v) is 4.00. The lowest BCUT2D eigenvalue weighted by Crippen LogP contribution is -2.12. The van der Waals surface area contributed by atoms with Crippen LogP contribution in [0.5, 0.6) is 0 Å². The molecule has 164 valence electrons. The van der Waals surface area contributed by atoms with Crippen molar-refractivity contribution in [3.8, 4) is 22.4 Å². The molecule has 0 unspecified atom stereocenters. The standard InChI is InChI=1S/C22H20ClFN6O2/c1-12-8-14(9-17(23)26-12)19-20(13-2-4-15(24)5-3-13)28-22(25)30-21(19)27-18(29-30)11-32-16-6-7-31-10-16/h2-5,8-9,16H,6-7,10-11H2,1H3,(H2,25,28)/t16-/m0/s1. The van der Waals surface area contributed by atoms with Crippen molar-refractivity contribution in [2.75, 3.05) is 18.9 Å². The second kappa shape index (κ2) is 8.42. The van der Waals surface area contributed by atoms with E-state index in [1.807, 2.05) is 13.0 Å². The van der Waals surface area contributed by atoms with E-state index in [2.05, 4.69) is 15.1 Å². The van der Waals surface area contributed by atoms with Crippen LogP contribution in [-0.4, -0.2) is 43.9 Å². The summed E-state index contributed by atoms with van der Waals surface area (Å²) in [5, 5.41) is 4.83. The maximum atomic E-state index is 13.6. The Morgan fingerprint density at radius 3 is 2.72 bits per heavy atom. The van der Waals surface area contributed by atoms with Crippen LogP contribution in [0.4, 0.5) is 10.3 Å². The summed E-state index contributed by atoms with van der Waals surface area (Å²) >= 11 is 6.25. The van der Waals surface area contributed by atoms with Gasteiger partial charge in [-0.1, -0.05) is 11.6 Å². The quantitative estimate of drug-likeness (QED) is 0.457. The minimum atomic E-state index is -0.343. The molecule has 5 rings (SSSR count). The molecule has 8 nitrogen and oxygen atoms in total. The fraction of sp³-hybridized carbons (Fsp3) is 0.273. The van der Waals surface area contributed by atoms with Crippen LogP contribution < -0.4 is 5.73 Å². The summed E-state index contributed by atoms with van der Waals surface area (Å²) in [6, 6.07) is 9.65. The molecule has 0 spiro atoms. The Hall–Kier alpha value is -3.14. The maximum absolute atomic E-state index is 13.6. The summed E-state index contributed by atoms with van der Waals surface area (Å²) in [7, 11) is 0. The summed E-state index contributed by atoms with van der Waals surface area (Å²) < 4.78 is 26.3. The Bertz CT molecular complexity index is 1270. The van der Waals surface area contributed by atoms with Crippen molar-refractivity contribution in [1.29, 1.82) is 0 Å². The lowest BCUT2D eigenvalue weighted by atomic mass is 10.00. The number of anilines is 1. The van der Waals surface area contributed by atoms with Gasteiger partial charge in [-0.25, -0.2) is 19.3 Å². The number of hydrogen-bond donors (Lipinski definition) is 1. The van der Waals surface area contributed by atoms with Crippen molar-refractivity contribution in [2.45, 2.75) is 26.1 Å². The van der Waals surface area contributed by atoms with Crippen LogP contribution in [0.25, 0.3) is 28.0 Å². The number of rotatable bonds is 5. The Labute approximate surface area is 188 Å². The number of ether oxygens (including phenoxy) is 2. The molecule has 1 aliphatic heterocycles. The van der Waals surface area contributed by atoms with Crippen LogP contribution in [-0.2, 0) is 16.1 Å². The van der Waals surface area contributed by atoms with E-state index in [-0.39, 0.29) is 24.5 Å². The van der Waals surface area contributed by atoms with E-state index >= 15 is 0 Å². The topological polar surface area (TPSA) is 100 Å². The van der Waals surface area contributed by atoms with E-state index in [0.717, 1.165) is 17.7 Å². The Morgan fingerprint density at radius 1 is 1.19 bits per heavy atom. The number of aryl methyl sites for hydroxylation is 1. The highest BCUT2D eigenvalue weighted by atomic mass is 35.5. The molecule has 3 aromatic heterocycles. The van der Waals surface area contributed by atoms with Gasteiger partial charge < -0.3 is 15.2 Å². The number of hydrogen-bond acceptors (Lipinski definition) is 7. The molecule has 0 saturated carbocycles. The van der Waals surface area contributed by atoms with Gasteiger partial charge in [0.1, 0.15) is 17.6 Å². The van der Waals surface area contributed by atoms with Gasteiger partial charge in [0.05, 0.1) is 24.0 Å². The first kappa shape index (κ1) is 20.7. The van der Waals surface area contributed by atoms with Gasteiger partial charge >= 0.3 is 0 Å². The zero-order valence-corrected chi connectivity index (χ0v) is 18.0. The molecule has 0 amide bonds. The zero-order chi connectivity index (χ0) is 22.2. The first-order valence-electron chi connectivity index (χ1n) is 10.1. The van der Waals surface area contributed by atoms with E-state index in [9.17, 15) is 4.39 Å². The first-order chi connectivity index (χ1) is 15.5. The highest BCUT2D eigenvalue weighted by Gasteiger charge is 2.22. The molecular weight excluding hydrogens is 435 g/mol. The average Bonchev–Trinajstić information content (AvgIpc) is 3.42. The van der Waals surface area contributed by atoms with E-state index in [0.29, 0.717) is 46.7 Å². The Balaban J connectivity index is 1.68. The van der Waals surface area contributed by atoms with Crippen LogP contribution in [0.3, 0.4) is 0 Å². The highest BCUT2D eigenvalue weighted by molar-refractivity contribution is 6.29. The van der Waals surface area contributed by atoms with Crippen molar-refractivity contribution >= 4 is 23.2 Å². The van der Waals surface area contributed by atoms with E-state index in [1.165, 1.54) is 16.6 Å². The van der Waals surface area contributed by atoms with Gasteiger partial charge in [0, 0.05) is 17.9 Å². The third-order valence-electron chi connectivity index (χ3n) is 5.22. The molecule has 1 aromatic carbocycles. The summed E-state index contributed by atoms with van der Waals surface area (Å²) in [5.74, 6) is 0.285. The second-order valence-electron chi connectivity index (χ2n) is 7.58. The Kier molecular flexibility index (Phi) is 5.46. The fourth-order valence-electron chi connectivity index (χ4n) is 3.75. The van der Waals surface area contributed by atoms with Gasteiger partial charge in [0.2, 0.25) is 5.95 Å². The molecule has 2 N–H and O–H groups in total. The van der Waals surface area contributed by atoms with Crippen molar-refractivity contribution in [1.82, 2.24) is 24.6 Å². The number of nitrogen functional groups attached to an aromatic ring is 1. The number of pyridine rings is 1. The third-order valence-corrected chi connectivity index (χ3v) is 5.41. The molecule has 1 saturated heterocycles.